The topological polar surface area (TPSA) is 162 Å². The van der Waals surface area contributed by atoms with Gasteiger partial charge in [-0.2, -0.15) is 18.4 Å². The molecule has 0 atom stereocenters. The lowest BCUT2D eigenvalue weighted by Gasteiger charge is -2.10. The second kappa shape index (κ2) is 8.06. The predicted octanol–water partition coefficient (Wildman–Crippen LogP) is -0.0325. The van der Waals surface area contributed by atoms with Crippen LogP contribution in [0.3, 0.4) is 0 Å². The smallest absolute Gasteiger partial charge is 0.335 e. The van der Waals surface area contributed by atoms with Crippen molar-refractivity contribution in [1.82, 2.24) is 19.7 Å². The van der Waals surface area contributed by atoms with Crippen molar-refractivity contribution in [1.29, 1.82) is 0 Å². The molecule has 0 fully saturated rings. The fraction of sp³-hybridized carbons (Fsp3) is 0.154. The van der Waals surface area contributed by atoms with E-state index in [1.165, 1.54) is 38.6 Å². The highest BCUT2D eigenvalue weighted by Gasteiger charge is 2.23. The quantitative estimate of drug-likeness (QED) is 0.558. The van der Waals surface area contributed by atoms with Gasteiger partial charge in [-0.1, -0.05) is 0 Å². The van der Waals surface area contributed by atoms with Gasteiger partial charge in [0.15, 0.2) is 5.03 Å². The molecule has 0 aliphatic heterocycles. The SMILES string of the molecule is COc1cc(OC)nc(NC(=O)NS(=O)(=O)c2ncccc2NC=O)n1. The molecular weight excluding hydrogens is 368 g/mol. The molecule has 2 heterocycles. The molecule has 0 radical (unpaired) electrons. The number of carbonyl (C=O) groups is 2. The Balaban J connectivity index is 2.20. The summed E-state index contributed by atoms with van der Waals surface area (Å²) in [5, 5.41) is 3.79. The van der Waals surface area contributed by atoms with Gasteiger partial charge in [0, 0.05) is 6.20 Å². The number of sulfonamides is 1. The average molecular weight is 382 g/mol. The van der Waals surface area contributed by atoms with Crippen molar-refractivity contribution in [2.24, 2.45) is 0 Å². The van der Waals surface area contributed by atoms with Crippen LogP contribution in [-0.4, -0.2) is 50.0 Å². The molecule has 3 amide bonds. The first-order valence-electron chi connectivity index (χ1n) is 6.85. The molecular formula is C13H14N6O6S. The van der Waals surface area contributed by atoms with Gasteiger partial charge in [0.05, 0.1) is 26.0 Å². The molecule has 12 nitrogen and oxygen atoms in total. The molecule has 3 N–H and O–H groups in total. The van der Waals surface area contributed by atoms with E-state index in [-0.39, 0.29) is 29.8 Å². The van der Waals surface area contributed by atoms with Gasteiger partial charge in [-0.25, -0.2) is 14.5 Å². The Morgan fingerprint density at radius 2 is 1.85 bits per heavy atom. The summed E-state index contributed by atoms with van der Waals surface area (Å²) in [4.78, 5) is 33.9. The number of nitrogens with one attached hydrogen (secondary N) is 3. The van der Waals surface area contributed by atoms with E-state index in [0.717, 1.165) is 0 Å². The summed E-state index contributed by atoms with van der Waals surface area (Å²) in [6.45, 7) is 0. The number of pyridine rings is 1. The standard InChI is InChI=1S/C13H14N6O6S/c1-24-9-6-10(25-2)17-12(16-9)18-13(21)19-26(22,23)11-8(15-7-20)4-3-5-14-11/h3-7H,1-2H3,(H,15,20)(H2,16,17,18,19,21). The fourth-order valence-corrected chi connectivity index (χ4v) is 2.75. The lowest BCUT2D eigenvalue weighted by atomic mass is 10.4. The summed E-state index contributed by atoms with van der Waals surface area (Å²) >= 11 is 0. The monoisotopic (exact) mass is 382 g/mol. The summed E-state index contributed by atoms with van der Waals surface area (Å²) in [6.07, 6.45) is 1.48. The second-order valence-corrected chi connectivity index (χ2v) is 6.05. The van der Waals surface area contributed by atoms with E-state index in [2.05, 4.69) is 25.6 Å². The maximum absolute atomic E-state index is 12.3. The molecule has 2 aromatic heterocycles. The van der Waals surface area contributed by atoms with E-state index in [1.54, 1.807) is 4.72 Å². The molecule has 2 aromatic rings. The van der Waals surface area contributed by atoms with Crippen LogP contribution >= 0.6 is 0 Å². The number of hydrogen-bond acceptors (Lipinski definition) is 9. The first-order chi connectivity index (χ1) is 12.4. The van der Waals surface area contributed by atoms with Gasteiger partial charge in [-0.05, 0) is 12.1 Å². The Hall–Kier alpha value is -3.48. The Bertz CT molecular complexity index is 897. The molecule has 0 unspecified atom stereocenters. The number of amides is 3. The molecule has 13 heteroatoms. The highest BCUT2D eigenvalue weighted by Crippen LogP contribution is 2.18. The molecule has 138 valence electrons. The average Bonchev–Trinajstić information content (AvgIpc) is 2.61. The van der Waals surface area contributed by atoms with E-state index in [9.17, 15) is 18.0 Å². The molecule has 0 bridgehead atoms. The van der Waals surface area contributed by atoms with Gasteiger partial charge < -0.3 is 14.8 Å². The third kappa shape index (κ3) is 4.54. The Morgan fingerprint density at radius 3 is 2.42 bits per heavy atom. The number of anilines is 2. The fourth-order valence-electron chi connectivity index (χ4n) is 1.74. The predicted molar refractivity (Wildman–Crippen MR) is 88.4 cm³/mol. The Labute approximate surface area is 148 Å². The number of urea groups is 1. The van der Waals surface area contributed by atoms with E-state index >= 15 is 0 Å². The zero-order valence-electron chi connectivity index (χ0n) is 13.6. The minimum atomic E-state index is -4.38. The molecule has 0 aromatic carbocycles. The first kappa shape index (κ1) is 18.9. The summed E-state index contributed by atoms with van der Waals surface area (Å²) in [7, 11) is -1.68. The van der Waals surface area contributed by atoms with Crippen LogP contribution in [-0.2, 0) is 14.8 Å². The highest BCUT2D eigenvalue weighted by atomic mass is 32.2. The third-order valence-electron chi connectivity index (χ3n) is 2.79. The molecule has 2 rings (SSSR count). The van der Waals surface area contributed by atoms with Crippen molar-refractivity contribution >= 4 is 34.1 Å². The van der Waals surface area contributed by atoms with Crippen molar-refractivity contribution in [3.63, 3.8) is 0 Å². The lowest BCUT2D eigenvalue weighted by Crippen LogP contribution is -2.35. The van der Waals surface area contributed by atoms with Crippen LogP contribution in [0.5, 0.6) is 11.8 Å². The first-order valence-corrected chi connectivity index (χ1v) is 8.34. The minimum absolute atomic E-state index is 0.0946. The number of aromatic nitrogens is 3. The molecule has 0 saturated carbocycles. The van der Waals surface area contributed by atoms with Gasteiger partial charge in [-0.3, -0.25) is 10.1 Å². The van der Waals surface area contributed by atoms with E-state index < -0.39 is 21.1 Å². The molecule has 0 spiro atoms. The summed E-state index contributed by atoms with van der Waals surface area (Å²) < 4.78 is 36.2. The van der Waals surface area contributed by atoms with Crippen LogP contribution in [0.1, 0.15) is 0 Å². The Kier molecular flexibility index (Phi) is 5.85. The lowest BCUT2D eigenvalue weighted by molar-refractivity contribution is -0.105. The normalized spacial score (nSPS) is 10.5. The van der Waals surface area contributed by atoms with E-state index in [4.69, 9.17) is 9.47 Å². The number of nitrogens with zero attached hydrogens (tertiary/aromatic N) is 3. The minimum Gasteiger partial charge on any atom is -0.481 e. The van der Waals surface area contributed by atoms with E-state index in [0.29, 0.717) is 0 Å². The van der Waals surface area contributed by atoms with Crippen molar-refractivity contribution in [2.45, 2.75) is 5.03 Å². The van der Waals surface area contributed by atoms with Crippen LogP contribution in [0, 0.1) is 0 Å². The van der Waals surface area contributed by atoms with Gasteiger partial charge in [0.25, 0.3) is 10.0 Å². The maximum Gasteiger partial charge on any atom is 0.335 e. The maximum atomic E-state index is 12.3. The molecule has 0 saturated heterocycles. The highest BCUT2D eigenvalue weighted by molar-refractivity contribution is 7.90. The number of carbonyl (C=O) groups excluding carboxylic acids is 2. The Morgan fingerprint density at radius 1 is 1.19 bits per heavy atom. The summed E-state index contributed by atoms with van der Waals surface area (Å²) in [6, 6.07) is 2.94. The van der Waals surface area contributed by atoms with E-state index in [1.807, 2.05) is 0 Å². The van der Waals surface area contributed by atoms with Crippen LogP contribution in [0.4, 0.5) is 16.4 Å². The number of rotatable bonds is 7. The zero-order chi connectivity index (χ0) is 19.2. The molecule has 0 aliphatic rings. The van der Waals surface area contributed by atoms with Crippen LogP contribution in [0.2, 0.25) is 0 Å². The largest absolute Gasteiger partial charge is 0.481 e. The van der Waals surface area contributed by atoms with Crippen molar-refractivity contribution in [2.75, 3.05) is 24.9 Å². The van der Waals surface area contributed by atoms with Crippen molar-refractivity contribution in [3.8, 4) is 11.8 Å². The molecule has 26 heavy (non-hydrogen) atoms. The van der Waals surface area contributed by atoms with Crippen LogP contribution in [0.15, 0.2) is 29.4 Å². The van der Waals surface area contributed by atoms with Gasteiger partial charge in [-0.15, -0.1) is 0 Å². The second-order valence-electron chi connectivity index (χ2n) is 4.45. The van der Waals surface area contributed by atoms with Crippen molar-refractivity contribution in [3.05, 3.63) is 24.4 Å². The summed E-state index contributed by atoms with van der Waals surface area (Å²) in [5.74, 6) is -0.0597. The van der Waals surface area contributed by atoms with Gasteiger partial charge >= 0.3 is 6.03 Å². The zero-order valence-corrected chi connectivity index (χ0v) is 14.4. The van der Waals surface area contributed by atoms with Crippen molar-refractivity contribution < 1.29 is 27.5 Å². The third-order valence-corrected chi connectivity index (χ3v) is 4.08. The number of hydrogen-bond donors (Lipinski definition) is 3. The number of ether oxygens (including phenoxy) is 2. The van der Waals surface area contributed by atoms with Crippen LogP contribution in [0.25, 0.3) is 0 Å². The molecule has 0 aliphatic carbocycles. The van der Waals surface area contributed by atoms with Gasteiger partial charge in [0.2, 0.25) is 24.1 Å². The van der Waals surface area contributed by atoms with Gasteiger partial charge in [0.1, 0.15) is 0 Å². The summed E-state index contributed by atoms with van der Waals surface area (Å²) in [5.41, 5.74) is -0.0953. The van der Waals surface area contributed by atoms with Crippen LogP contribution < -0.4 is 24.8 Å². The number of methoxy groups -OCH3 is 2.